The summed E-state index contributed by atoms with van der Waals surface area (Å²) in [6.07, 6.45) is 7.12. The van der Waals surface area contributed by atoms with Gasteiger partial charge in [-0.05, 0) is 67.7 Å². The smallest absolute Gasteiger partial charge is 0.123 e. The molecule has 1 fully saturated rings. The fraction of sp³-hybridized carbons (Fsp3) is 0.647. The second-order valence-corrected chi connectivity index (χ2v) is 6.17. The Bertz CT molecular complexity index is 416. The Balaban J connectivity index is 2.05. The third-order valence-electron chi connectivity index (χ3n) is 4.64. The first kappa shape index (κ1) is 14.5. The molecule has 0 amide bonds. The van der Waals surface area contributed by atoms with Gasteiger partial charge in [-0.2, -0.15) is 0 Å². The summed E-state index contributed by atoms with van der Waals surface area (Å²) in [6.45, 7) is 4.31. The van der Waals surface area contributed by atoms with Gasteiger partial charge in [-0.15, -0.1) is 0 Å². The quantitative estimate of drug-likeness (QED) is 0.864. The SMILES string of the molecule is CCCC1CCC(N)C(Cc2cc(F)ccc2C)C1. The van der Waals surface area contributed by atoms with Gasteiger partial charge in [-0.3, -0.25) is 0 Å². The van der Waals surface area contributed by atoms with Crippen LogP contribution in [0.25, 0.3) is 0 Å². The van der Waals surface area contributed by atoms with Gasteiger partial charge in [0, 0.05) is 6.04 Å². The van der Waals surface area contributed by atoms with Gasteiger partial charge in [0.05, 0.1) is 0 Å². The predicted molar refractivity (Wildman–Crippen MR) is 78.6 cm³/mol. The summed E-state index contributed by atoms with van der Waals surface area (Å²) >= 11 is 0. The molecule has 0 saturated heterocycles. The van der Waals surface area contributed by atoms with E-state index in [-0.39, 0.29) is 11.9 Å². The summed E-state index contributed by atoms with van der Waals surface area (Å²) < 4.78 is 13.4. The van der Waals surface area contributed by atoms with Crippen LogP contribution in [-0.4, -0.2) is 6.04 Å². The van der Waals surface area contributed by atoms with Crippen molar-refractivity contribution in [3.05, 3.63) is 35.1 Å². The second-order valence-electron chi connectivity index (χ2n) is 6.17. The van der Waals surface area contributed by atoms with Crippen LogP contribution in [0.4, 0.5) is 4.39 Å². The molecule has 19 heavy (non-hydrogen) atoms. The highest BCUT2D eigenvalue weighted by Gasteiger charge is 2.28. The molecule has 106 valence electrons. The molecular weight excluding hydrogens is 237 g/mol. The molecule has 1 saturated carbocycles. The first-order valence-corrected chi connectivity index (χ1v) is 7.60. The van der Waals surface area contributed by atoms with Crippen LogP contribution in [0.3, 0.4) is 0 Å². The average Bonchev–Trinajstić information content (AvgIpc) is 2.38. The minimum atomic E-state index is -0.130. The fourth-order valence-electron chi connectivity index (χ4n) is 3.43. The van der Waals surface area contributed by atoms with E-state index in [4.69, 9.17) is 5.73 Å². The number of rotatable bonds is 4. The van der Waals surface area contributed by atoms with Crippen LogP contribution in [0.1, 0.15) is 50.2 Å². The van der Waals surface area contributed by atoms with Crippen molar-refractivity contribution in [1.82, 2.24) is 0 Å². The van der Waals surface area contributed by atoms with E-state index in [0.717, 1.165) is 24.3 Å². The fourth-order valence-corrected chi connectivity index (χ4v) is 3.43. The minimum absolute atomic E-state index is 0.130. The molecule has 1 aliphatic rings. The van der Waals surface area contributed by atoms with Crippen molar-refractivity contribution < 1.29 is 4.39 Å². The number of hydrogen-bond donors (Lipinski definition) is 1. The average molecular weight is 263 g/mol. The maximum absolute atomic E-state index is 13.4. The third kappa shape index (κ3) is 3.79. The molecule has 1 aliphatic carbocycles. The van der Waals surface area contributed by atoms with Crippen molar-refractivity contribution in [1.29, 1.82) is 0 Å². The Morgan fingerprint density at radius 1 is 1.32 bits per heavy atom. The lowest BCUT2D eigenvalue weighted by atomic mass is 9.74. The van der Waals surface area contributed by atoms with Crippen LogP contribution in [0.15, 0.2) is 18.2 Å². The minimum Gasteiger partial charge on any atom is -0.327 e. The van der Waals surface area contributed by atoms with Gasteiger partial charge in [0.15, 0.2) is 0 Å². The van der Waals surface area contributed by atoms with Crippen molar-refractivity contribution >= 4 is 0 Å². The van der Waals surface area contributed by atoms with Crippen LogP contribution < -0.4 is 5.73 Å². The number of halogens is 1. The van der Waals surface area contributed by atoms with Gasteiger partial charge in [-0.25, -0.2) is 4.39 Å². The molecular formula is C17H26FN. The largest absolute Gasteiger partial charge is 0.327 e. The molecule has 0 radical (unpaired) electrons. The topological polar surface area (TPSA) is 26.0 Å². The first-order chi connectivity index (χ1) is 9.10. The zero-order chi connectivity index (χ0) is 13.8. The molecule has 0 spiro atoms. The highest BCUT2D eigenvalue weighted by molar-refractivity contribution is 5.27. The molecule has 2 N–H and O–H groups in total. The molecule has 0 bridgehead atoms. The summed E-state index contributed by atoms with van der Waals surface area (Å²) in [5, 5.41) is 0. The molecule has 3 unspecified atom stereocenters. The van der Waals surface area contributed by atoms with E-state index in [0.29, 0.717) is 5.92 Å². The van der Waals surface area contributed by atoms with Gasteiger partial charge in [0.1, 0.15) is 5.82 Å². The summed E-state index contributed by atoms with van der Waals surface area (Å²) in [5.41, 5.74) is 8.60. The van der Waals surface area contributed by atoms with E-state index in [1.54, 1.807) is 12.1 Å². The molecule has 1 nitrogen and oxygen atoms in total. The maximum Gasteiger partial charge on any atom is 0.123 e. The molecule has 3 atom stereocenters. The number of hydrogen-bond acceptors (Lipinski definition) is 1. The Morgan fingerprint density at radius 2 is 2.11 bits per heavy atom. The van der Waals surface area contributed by atoms with E-state index in [1.807, 2.05) is 6.07 Å². The van der Waals surface area contributed by atoms with Gasteiger partial charge in [0.2, 0.25) is 0 Å². The van der Waals surface area contributed by atoms with Crippen LogP contribution in [-0.2, 0) is 6.42 Å². The molecule has 0 heterocycles. The zero-order valence-electron chi connectivity index (χ0n) is 12.2. The van der Waals surface area contributed by atoms with Gasteiger partial charge >= 0.3 is 0 Å². The van der Waals surface area contributed by atoms with Gasteiger partial charge in [-0.1, -0.05) is 25.8 Å². The standard InChI is InChI=1S/C17H26FN/c1-3-4-13-6-8-17(19)15(9-13)10-14-11-16(18)7-5-12(14)2/h5,7,11,13,15,17H,3-4,6,8-10,19H2,1-2H3. The summed E-state index contributed by atoms with van der Waals surface area (Å²) in [5.74, 6) is 1.21. The molecule has 2 rings (SSSR count). The molecule has 0 aromatic heterocycles. The molecule has 1 aromatic carbocycles. The first-order valence-electron chi connectivity index (χ1n) is 7.60. The predicted octanol–water partition coefficient (Wildman–Crippen LogP) is 4.22. The Morgan fingerprint density at radius 3 is 2.84 bits per heavy atom. The summed E-state index contributed by atoms with van der Waals surface area (Å²) in [7, 11) is 0. The second kappa shape index (κ2) is 6.51. The lowest BCUT2D eigenvalue weighted by Crippen LogP contribution is -2.37. The van der Waals surface area contributed by atoms with Crippen molar-refractivity contribution in [3.63, 3.8) is 0 Å². The third-order valence-corrected chi connectivity index (χ3v) is 4.64. The Kier molecular flexibility index (Phi) is 4.98. The number of aryl methyl sites for hydroxylation is 1. The normalized spacial score (nSPS) is 27.5. The van der Waals surface area contributed by atoms with Crippen LogP contribution in [0, 0.1) is 24.6 Å². The Hall–Kier alpha value is -0.890. The van der Waals surface area contributed by atoms with E-state index in [9.17, 15) is 4.39 Å². The van der Waals surface area contributed by atoms with E-state index < -0.39 is 0 Å². The summed E-state index contributed by atoms with van der Waals surface area (Å²) in [4.78, 5) is 0. The lowest BCUT2D eigenvalue weighted by molar-refractivity contribution is 0.221. The Labute approximate surface area is 116 Å². The van der Waals surface area contributed by atoms with Crippen LogP contribution >= 0.6 is 0 Å². The maximum atomic E-state index is 13.4. The van der Waals surface area contributed by atoms with Crippen molar-refractivity contribution in [2.24, 2.45) is 17.6 Å². The van der Waals surface area contributed by atoms with Crippen LogP contribution in [0.5, 0.6) is 0 Å². The van der Waals surface area contributed by atoms with E-state index in [1.165, 1.54) is 31.2 Å². The highest BCUT2D eigenvalue weighted by atomic mass is 19.1. The zero-order valence-corrected chi connectivity index (χ0v) is 12.2. The monoisotopic (exact) mass is 263 g/mol. The number of nitrogens with two attached hydrogens (primary N) is 1. The van der Waals surface area contributed by atoms with E-state index >= 15 is 0 Å². The van der Waals surface area contributed by atoms with Crippen molar-refractivity contribution in [2.45, 2.75) is 58.4 Å². The molecule has 2 heteroatoms. The van der Waals surface area contributed by atoms with Crippen molar-refractivity contribution in [2.75, 3.05) is 0 Å². The lowest BCUT2D eigenvalue weighted by Gasteiger charge is -2.34. The molecule has 0 aliphatic heterocycles. The van der Waals surface area contributed by atoms with Crippen LogP contribution in [0.2, 0.25) is 0 Å². The van der Waals surface area contributed by atoms with Gasteiger partial charge < -0.3 is 5.73 Å². The van der Waals surface area contributed by atoms with Crippen molar-refractivity contribution in [3.8, 4) is 0 Å². The van der Waals surface area contributed by atoms with E-state index in [2.05, 4.69) is 13.8 Å². The number of benzene rings is 1. The molecule has 1 aromatic rings. The van der Waals surface area contributed by atoms with Gasteiger partial charge in [0.25, 0.3) is 0 Å². The highest BCUT2D eigenvalue weighted by Crippen LogP contribution is 2.33. The summed E-state index contributed by atoms with van der Waals surface area (Å²) in [6, 6.07) is 5.39.